The lowest BCUT2D eigenvalue weighted by Gasteiger charge is -2.06. The summed E-state index contributed by atoms with van der Waals surface area (Å²) in [6.45, 7) is 4.79. The summed E-state index contributed by atoms with van der Waals surface area (Å²) in [5.41, 5.74) is 0. The average Bonchev–Trinajstić information content (AvgIpc) is 2.03. The number of aromatic nitrogens is 1. The van der Waals surface area contributed by atoms with Crippen molar-refractivity contribution in [2.75, 3.05) is 6.61 Å². The van der Waals surface area contributed by atoms with Gasteiger partial charge in [-0.1, -0.05) is 13.8 Å². The van der Waals surface area contributed by atoms with Crippen LogP contribution in [0.2, 0.25) is 0 Å². The molecule has 0 unspecified atom stereocenters. The monoisotopic (exact) mass is 167 g/mol. The molecule has 1 heterocycles. The maximum Gasteiger partial charge on any atom is 0.213 e. The predicted octanol–water partition coefficient (Wildman–Crippen LogP) is 1.82. The van der Waals surface area contributed by atoms with E-state index in [1.54, 1.807) is 12.1 Å². The third-order valence-corrected chi connectivity index (χ3v) is 1.29. The van der Waals surface area contributed by atoms with E-state index in [0.717, 1.165) is 0 Å². The summed E-state index contributed by atoms with van der Waals surface area (Å²) in [6, 6.07) is 3.21. The number of hydrogen-bond donors (Lipinski definition) is 1. The quantitative estimate of drug-likeness (QED) is 0.746. The zero-order chi connectivity index (χ0) is 8.97. The Labute approximate surface area is 72.0 Å². The van der Waals surface area contributed by atoms with E-state index in [1.807, 2.05) is 0 Å². The minimum atomic E-state index is 0.159. The summed E-state index contributed by atoms with van der Waals surface area (Å²) in [7, 11) is 0. The Balaban J connectivity index is 2.48. The Morgan fingerprint density at radius 2 is 2.25 bits per heavy atom. The van der Waals surface area contributed by atoms with E-state index in [2.05, 4.69) is 18.8 Å². The number of nitrogens with zero attached hydrogens (tertiary/aromatic N) is 1. The molecule has 0 atom stereocenters. The molecule has 0 aliphatic heterocycles. The van der Waals surface area contributed by atoms with Gasteiger partial charge in [-0.3, -0.25) is 0 Å². The first-order chi connectivity index (χ1) is 5.68. The maximum absolute atomic E-state index is 8.92. The molecule has 0 amide bonds. The van der Waals surface area contributed by atoms with Crippen LogP contribution >= 0.6 is 0 Å². The van der Waals surface area contributed by atoms with E-state index in [-0.39, 0.29) is 5.75 Å². The highest BCUT2D eigenvalue weighted by molar-refractivity contribution is 5.21. The summed E-state index contributed by atoms with van der Waals surface area (Å²) in [4.78, 5) is 3.88. The van der Waals surface area contributed by atoms with Gasteiger partial charge in [0.05, 0.1) is 12.8 Å². The average molecular weight is 167 g/mol. The summed E-state index contributed by atoms with van der Waals surface area (Å²) >= 11 is 0. The molecule has 0 aliphatic rings. The minimum absolute atomic E-state index is 0.159. The molecular weight excluding hydrogens is 154 g/mol. The van der Waals surface area contributed by atoms with Crippen molar-refractivity contribution in [3.05, 3.63) is 18.3 Å². The number of rotatable bonds is 3. The minimum Gasteiger partial charge on any atom is -0.506 e. The van der Waals surface area contributed by atoms with Crippen molar-refractivity contribution in [1.82, 2.24) is 4.98 Å². The molecule has 0 aromatic carbocycles. The fourth-order valence-corrected chi connectivity index (χ4v) is 0.710. The van der Waals surface area contributed by atoms with Crippen LogP contribution in [-0.4, -0.2) is 16.7 Å². The molecule has 1 rings (SSSR count). The van der Waals surface area contributed by atoms with Crippen LogP contribution in [0.1, 0.15) is 13.8 Å². The molecule has 0 saturated carbocycles. The second-order valence-corrected chi connectivity index (χ2v) is 3.06. The topological polar surface area (TPSA) is 42.4 Å². The van der Waals surface area contributed by atoms with E-state index in [1.165, 1.54) is 6.20 Å². The molecule has 1 aromatic heterocycles. The van der Waals surface area contributed by atoms with Crippen molar-refractivity contribution in [3.8, 4) is 11.6 Å². The van der Waals surface area contributed by atoms with Gasteiger partial charge in [0.15, 0.2) is 0 Å². The third kappa shape index (κ3) is 2.78. The molecule has 12 heavy (non-hydrogen) atoms. The summed E-state index contributed by atoms with van der Waals surface area (Å²) in [5, 5.41) is 8.92. The van der Waals surface area contributed by atoms with Crippen molar-refractivity contribution in [2.45, 2.75) is 13.8 Å². The lowest BCUT2D eigenvalue weighted by Crippen LogP contribution is -2.05. The first-order valence-corrected chi connectivity index (χ1v) is 3.96. The predicted molar refractivity (Wildman–Crippen MR) is 46.2 cm³/mol. The molecule has 1 aromatic rings. The fourth-order valence-electron chi connectivity index (χ4n) is 0.710. The van der Waals surface area contributed by atoms with E-state index >= 15 is 0 Å². The van der Waals surface area contributed by atoms with Crippen molar-refractivity contribution in [1.29, 1.82) is 0 Å². The van der Waals surface area contributed by atoms with Gasteiger partial charge in [-0.2, -0.15) is 0 Å². The number of pyridine rings is 1. The van der Waals surface area contributed by atoms with Gasteiger partial charge in [0.1, 0.15) is 5.75 Å². The molecule has 3 nitrogen and oxygen atoms in total. The van der Waals surface area contributed by atoms with Gasteiger partial charge in [-0.05, 0) is 12.0 Å². The second-order valence-electron chi connectivity index (χ2n) is 3.06. The molecular formula is C9H13NO2. The van der Waals surface area contributed by atoms with Gasteiger partial charge in [0.2, 0.25) is 5.88 Å². The van der Waals surface area contributed by atoms with Crippen molar-refractivity contribution >= 4 is 0 Å². The normalized spacial score (nSPS) is 10.2. The van der Waals surface area contributed by atoms with E-state index in [4.69, 9.17) is 9.84 Å². The first-order valence-electron chi connectivity index (χ1n) is 3.96. The molecule has 0 radical (unpaired) electrons. The highest BCUT2D eigenvalue weighted by Gasteiger charge is 1.97. The molecule has 0 saturated heterocycles. The summed E-state index contributed by atoms with van der Waals surface area (Å²) in [5.74, 6) is 1.20. The van der Waals surface area contributed by atoms with Gasteiger partial charge in [-0.15, -0.1) is 0 Å². The van der Waals surface area contributed by atoms with E-state index in [0.29, 0.717) is 18.4 Å². The van der Waals surface area contributed by atoms with Gasteiger partial charge in [-0.25, -0.2) is 4.98 Å². The summed E-state index contributed by atoms with van der Waals surface area (Å²) in [6.07, 6.45) is 1.37. The number of aromatic hydroxyl groups is 1. The van der Waals surface area contributed by atoms with Gasteiger partial charge < -0.3 is 9.84 Å². The largest absolute Gasteiger partial charge is 0.506 e. The smallest absolute Gasteiger partial charge is 0.213 e. The zero-order valence-corrected chi connectivity index (χ0v) is 7.32. The third-order valence-electron chi connectivity index (χ3n) is 1.29. The van der Waals surface area contributed by atoms with Crippen LogP contribution in [0.5, 0.6) is 11.6 Å². The van der Waals surface area contributed by atoms with Crippen LogP contribution in [0.25, 0.3) is 0 Å². The SMILES string of the molecule is CC(C)COc1ccc(O)cn1. The lowest BCUT2D eigenvalue weighted by molar-refractivity contribution is 0.261. The highest BCUT2D eigenvalue weighted by atomic mass is 16.5. The highest BCUT2D eigenvalue weighted by Crippen LogP contribution is 2.12. The molecule has 0 spiro atoms. The van der Waals surface area contributed by atoms with Crippen LogP contribution in [0, 0.1) is 5.92 Å². The molecule has 0 aliphatic carbocycles. The number of hydrogen-bond acceptors (Lipinski definition) is 3. The van der Waals surface area contributed by atoms with Crippen LogP contribution in [0.15, 0.2) is 18.3 Å². The van der Waals surface area contributed by atoms with E-state index in [9.17, 15) is 0 Å². The van der Waals surface area contributed by atoms with Crippen molar-refractivity contribution < 1.29 is 9.84 Å². The Kier molecular flexibility index (Phi) is 2.91. The van der Waals surface area contributed by atoms with Crippen molar-refractivity contribution in [2.24, 2.45) is 5.92 Å². The molecule has 66 valence electrons. The maximum atomic E-state index is 8.92. The first kappa shape index (κ1) is 8.84. The van der Waals surface area contributed by atoms with Crippen LogP contribution < -0.4 is 4.74 Å². The van der Waals surface area contributed by atoms with Crippen LogP contribution in [0.4, 0.5) is 0 Å². The lowest BCUT2D eigenvalue weighted by atomic mass is 10.2. The molecule has 0 fully saturated rings. The Morgan fingerprint density at radius 1 is 1.50 bits per heavy atom. The van der Waals surface area contributed by atoms with Crippen molar-refractivity contribution in [3.63, 3.8) is 0 Å². The fraction of sp³-hybridized carbons (Fsp3) is 0.444. The van der Waals surface area contributed by atoms with Crippen LogP contribution in [-0.2, 0) is 0 Å². The molecule has 1 N–H and O–H groups in total. The summed E-state index contributed by atoms with van der Waals surface area (Å²) < 4.78 is 5.30. The van der Waals surface area contributed by atoms with E-state index < -0.39 is 0 Å². The van der Waals surface area contributed by atoms with Gasteiger partial charge in [0.25, 0.3) is 0 Å². The molecule has 3 heteroatoms. The standard InChI is InChI=1S/C9H13NO2/c1-7(2)6-12-9-4-3-8(11)5-10-9/h3-5,7,11H,6H2,1-2H3. The van der Waals surface area contributed by atoms with Crippen LogP contribution in [0.3, 0.4) is 0 Å². The molecule has 0 bridgehead atoms. The Morgan fingerprint density at radius 3 is 2.75 bits per heavy atom. The zero-order valence-electron chi connectivity index (χ0n) is 7.32. The Hall–Kier alpha value is -1.25. The Bertz CT molecular complexity index is 231. The van der Waals surface area contributed by atoms with Gasteiger partial charge >= 0.3 is 0 Å². The number of ether oxygens (including phenoxy) is 1. The second kappa shape index (κ2) is 3.95. The van der Waals surface area contributed by atoms with Gasteiger partial charge in [0, 0.05) is 6.07 Å².